The number of amides is 1. The van der Waals surface area contributed by atoms with E-state index in [1.165, 1.54) is 6.21 Å². The van der Waals surface area contributed by atoms with E-state index in [1.807, 2.05) is 37.3 Å². The molecule has 8 heteroatoms. The van der Waals surface area contributed by atoms with Crippen LogP contribution >= 0.6 is 0 Å². The van der Waals surface area contributed by atoms with Gasteiger partial charge in [0.25, 0.3) is 5.91 Å². The molecule has 0 fully saturated rings. The molecule has 1 N–H and O–H groups in total. The fourth-order valence-electron chi connectivity index (χ4n) is 3.53. The monoisotopic (exact) mass is 498 g/mol. The molecule has 0 bridgehead atoms. The number of ether oxygens (including phenoxy) is 4. The molecule has 37 heavy (non-hydrogen) atoms. The van der Waals surface area contributed by atoms with Crippen molar-refractivity contribution in [2.24, 2.45) is 5.10 Å². The molecule has 0 atom stereocenters. The fraction of sp³-hybridized carbons (Fsp3) is 0.138. The van der Waals surface area contributed by atoms with Crippen molar-refractivity contribution in [2.45, 2.75) is 6.92 Å². The van der Waals surface area contributed by atoms with E-state index in [9.17, 15) is 9.59 Å². The van der Waals surface area contributed by atoms with E-state index in [0.717, 1.165) is 10.8 Å². The predicted molar refractivity (Wildman–Crippen MR) is 141 cm³/mol. The maximum Gasteiger partial charge on any atom is 0.343 e. The van der Waals surface area contributed by atoms with Crippen molar-refractivity contribution in [3.63, 3.8) is 0 Å². The summed E-state index contributed by atoms with van der Waals surface area (Å²) in [6, 6.07) is 24.8. The second kappa shape index (κ2) is 12.2. The Hall–Kier alpha value is -4.85. The van der Waals surface area contributed by atoms with Gasteiger partial charge in [-0.05, 0) is 72.3 Å². The lowest BCUT2D eigenvalue weighted by Gasteiger charge is -2.11. The lowest BCUT2D eigenvalue weighted by atomic mass is 10.0. The quantitative estimate of drug-likeness (QED) is 0.143. The molecule has 0 radical (unpaired) electrons. The van der Waals surface area contributed by atoms with Gasteiger partial charge in [-0.15, -0.1) is 0 Å². The molecular weight excluding hydrogens is 472 g/mol. The SMILES string of the molecule is CCOc1ccc(C(=O)Oc2ccc3ccccc3c2/C=N\NC(=O)COc2ccc(OC)cc2)cc1. The number of carbonyl (C=O) groups is 2. The van der Waals surface area contributed by atoms with Crippen LogP contribution in [0, 0.1) is 0 Å². The summed E-state index contributed by atoms with van der Waals surface area (Å²) in [5, 5.41) is 5.81. The summed E-state index contributed by atoms with van der Waals surface area (Å²) in [6.07, 6.45) is 1.45. The Morgan fingerprint density at radius 2 is 1.51 bits per heavy atom. The van der Waals surface area contributed by atoms with Crippen molar-refractivity contribution in [3.8, 4) is 23.0 Å². The van der Waals surface area contributed by atoms with Gasteiger partial charge in [0, 0.05) is 5.56 Å². The van der Waals surface area contributed by atoms with E-state index in [2.05, 4.69) is 10.5 Å². The zero-order chi connectivity index (χ0) is 26.0. The predicted octanol–water partition coefficient (Wildman–Crippen LogP) is 5.00. The van der Waals surface area contributed by atoms with Gasteiger partial charge in [-0.2, -0.15) is 5.10 Å². The largest absolute Gasteiger partial charge is 0.497 e. The number of methoxy groups -OCH3 is 1. The van der Waals surface area contributed by atoms with Gasteiger partial charge in [0.15, 0.2) is 6.61 Å². The smallest absolute Gasteiger partial charge is 0.343 e. The third kappa shape index (κ3) is 6.64. The van der Waals surface area contributed by atoms with Crippen LogP contribution in [0.15, 0.2) is 90.0 Å². The Bertz CT molecular complexity index is 1400. The van der Waals surface area contributed by atoms with E-state index in [1.54, 1.807) is 61.7 Å². The van der Waals surface area contributed by atoms with Gasteiger partial charge < -0.3 is 18.9 Å². The van der Waals surface area contributed by atoms with Gasteiger partial charge in [0.2, 0.25) is 0 Å². The molecule has 0 saturated carbocycles. The first-order chi connectivity index (χ1) is 18.1. The maximum atomic E-state index is 12.8. The molecule has 1 amide bonds. The number of hydrogen-bond acceptors (Lipinski definition) is 7. The molecule has 0 aliphatic heterocycles. The minimum atomic E-state index is -0.523. The molecular formula is C29H26N2O6. The molecule has 0 saturated heterocycles. The fourth-order valence-corrected chi connectivity index (χ4v) is 3.53. The van der Waals surface area contributed by atoms with Crippen LogP contribution in [0.1, 0.15) is 22.8 Å². The molecule has 0 unspecified atom stereocenters. The summed E-state index contributed by atoms with van der Waals surface area (Å²) in [5.74, 6) is 1.23. The molecule has 0 spiro atoms. The molecule has 0 aromatic heterocycles. The highest BCUT2D eigenvalue weighted by atomic mass is 16.5. The number of nitrogens with one attached hydrogen (secondary N) is 1. The Balaban J connectivity index is 1.46. The average Bonchev–Trinajstić information content (AvgIpc) is 2.93. The second-order valence-electron chi connectivity index (χ2n) is 7.80. The molecule has 0 aliphatic carbocycles. The van der Waals surface area contributed by atoms with Crippen LogP contribution in [0.4, 0.5) is 0 Å². The van der Waals surface area contributed by atoms with E-state index < -0.39 is 11.9 Å². The van der Waals surface area contributed by atoms with Crippen molar-refractivity contribution in [2.75, 3.05) is 20.3 Å². The molecule has 4 aromatic carbocycles. The first-order valence-corrected chi connectivity index (χ1v) is 11.6. The molecule has 188 valence electrons. The third-order valence-electron chi connectivity index (χ3n) is 5.35. The van der Waals surface area contributed by atoms with Gasteiger partial charge in [-0.1, -0.05) is 30.3 Å². The minimum Gasteiger partial charge on any atom is -0.497 e. The van der Waals surface area contributed by atoms with E-state index in [-0.39, 0.29) is 6.61 Å². The normalized spacial score (nSPS) is 10.8. The number of benzene rings is 4. The van der Waals surface area contributed by atoms with Crippen LogP contribution in [0.25, 0.3) is 10.8 Å². The Morgan fingerprint density at radius 1 is 0.838 bits per heavy atom. The molecule has 0 heterocycles. The van der Waals surface area contributed by atoms with Crippen LogP contribution < -0.4 is 24.4 Å². The summed E-state index contributed by atoms with van der Waals surface area (Å²) in [5.41, 5.74) is 3.37. The lowest BCUT2D eigenvalue weighted by molar-refractivity contribution is -0.123. The van der Waals surface area contributed by atoms with Gasteiger partial charge in [-0.3, -0.25) is 4.79 Å². The van der Waals surface area contributed by atoms with Crippen LogP contribution in [-0.2, 0) is 4.79 Å². The van der Waals surface area contributed by atoms with E-state index in [4.69, 9.17) is 18.9 Å². The van der Waals surface area contributed by atoms with Crippen LogP contribution in [0.3, 0.4) is 0 Å². The van der Waals surface area contributed by atoms with Gasteiger partial charge >= 0.3 is 5.97 Å². The van der Waals surface area contributed by atoms with Crippen LogP contribution in [-0.4, -0.2) is 38.4 Å². The lowest BCUT2D eigenvalue weighted by Crippen LogP contribution is -2.24. The third-order valence-corrected chi connectivity index (χ3v) is 5.35. The van der Waals surface area contributed by atoms with E-state index >= 15 is 0 Å². The highest BCUT2D eigenvalue weighted by Crippen LogP contribution is 2.27. The number of carbonyl (C=O) groups excluding carboxylic acids is 2. The van der Waals surface area contributed by atoms with Crippen molar-refractivity contribution in [1.29, 1.82) is 0 Å². The van der Waals surface area contributed by atoms with Gasteiger partial charge in [0.05, 0.1) is 25.5 Å². The van der Waals surface area contributed by atoms with Crippen molar-refractivity contribution in [1.82, 2.24) is 5.43 Å². The highest BCUT2D eigenvalue weighted by molar-refractivity contribution is 6.04. The summed E-state index contributed by atoms with van der Waals surface area (Å²) in [4.78, 5) is 25.1. The first-order valence-electron chi connectivity index (χ1n) is 11.6. The Kier molecular flexibility index (Phi) is 8.33. The number of hydrogen-bond donors (Lipinski definition) is 1. The molecule has 4 rings (SSSR count). The van der Waals surface area contributed by atoms with Crippen molar-refractivity contribution < 1.29 is 28.5 Å². The molecule has 4 aromatic rings. The van der Waals surface area contributed by atoms with Gasteiger partial charge in [0.1, 0.15) is 23.0 Å². The minimum absolute atomic E-state index is 0.223. The molecule has 0 aliphatic rings. The number of fused-ring (bicyclic) bond motifs is 1. The summed E-state index contributed by atoms with van der Waals surface area (Å²) in [6.45, 7) is 2.20. The average molecular weight is 499 g/mol. The summed E-state index contributed by atoms with van der Waals surface area (Å²) in [7, 11) is 1.57. The topological polar surface area (TPSA) is 95.5 Å². The van der Waals surface area contributed by atoms with Gasteiger partial charge in [-0.25, -0.2) is 10.2 Å². The standard InChI is InChI=1S/C29H26N2O6/c1-3-35-23-11-8-21(9-12-23)29(33)37-27-17-10-20-6-4-5-7-25(20)26(27)18-30-31-28(32)19-36-24-15-13-22(34-2)14-16-24/h4-18H,3,19H2,1-2H3,(H,31,32)/b30-18-. The van der Waals surface area contributed by atoms with E-state index in [0.29, 0.717) is 40.7 Å². The number of esters is 1. The van der Waals surface area contributed by atoms with Crippen molar-refractivity contribution in [3.05, 3.63) is 96.1 Å². The highest BCUT2D eigenvalue weighted by Gasteiger charge is 2.14. The zero-order valence-corrected chi connectivity index (χ0v) is 20.5. The maximum absolute atomic E-state index is 12.8. The second-order valence-corrected chi connectivity index (χ2v) is 7.80. The molecule has 8 nitrogen and oxygen atoms in total. The first kappa shape index (κ1) is 25.2. The van der Waals surface area contributed by atoms with Crippen LogP contribution in [0.5, 0.6) is 23.0 Å². The summed E-state index contributed by atoms with van der Waals surface area (Å²) >= 11 is 0. The van der Waals surface area contributed by atoms with Crippen molar-refractivity contribution >= 4 is 28.9 Å². The zero-order valence-electron chi connectivity index (χ0n) is 20.5. The Labute approximate surface area is 214 Å². The number of nitrogens with zero attached hydrogens (tertiary/aromatic N) is 1. The van der Waals surface area contributed by atoms with Crippen LogP contribution in [0.2, 0.25) is 0 Å². The summed E-state index contributed by atoms with van der Waals surface area (Å²) < 4.78 is 21.7. The number of rotatable bonds is 10. The number of hydrazone groups is 1. The Morgan fingerprint density at radius 3 is 2.24 bits per heavy atom.